The van der Waals surface area contributed by atoms with Gasteiger partial charge in [-0.3, -0.25) is 9.59 Å². The van der Waals surface area contributed by atoms with Gasteiger partial charge < -0.3 is 143 Å². The Kier molecular flexibility index (Phi) is 47.3. The van der Waals surface area contributed by atoms with Gasteiger partial charge in [-0.15, -0.1) is 0 Å². The monoisotopic (exact) mass is 1440 g/mol. The van der Waals surface area contributed by atoms with Gasteiger partial charge in [-0.05, 0) is 0 Å². The number of rotatable bonds is 20. The summed E-state index contributed by atoms with van der Waals surface area (Å²) in [6.45, 7) is 0. The molecule has 31 nitrogen and oxygen atoms in total. The molecule has 0 fully saturated rings. The number of carbonyl (C=O) groups is 12. The maximum absolute atomic E-state index is 10.3. The third kappa shape index (κ3) is 37.6. The second-order valence-corrected chi connectivity index (χ2v) is 9.73. The number of carbonyl (C=O) groups excluding carboxylic acids is 9. The van der Waals surface area contributed by atoms with Gasteiger partial charge in [0.2, 0.25) is 0 Å². The third-order valence-electron chi connectivity index (χ3n) is 5.05. The van der Waals surface area contributed by atoms with Crippen LogP contribution in [0.3, 0.4) is 0 Å². The van der Waals surface area contributed by atoms with Crippen molar-refractivity contribution >= 4 is 150 Å². The van der Waals surface area contributed by atoms with Crippen molar-refractivity contribution in [2.24, 2.45) is 0 Å². The molecule has 0 heterocycles. The summed E-state index contributed by atoms with van der Waals surface area (Å²) in [6.07, 6.45) is -10.4. The molecule has 0 aromatic heterocycles. The van der Waals surface area contributed by atoms with Gasteiger partial charge in [-0.25, -0.2) is 4.79 Å². The molecule has 0 rings (SSSR count). The van der Waals surface area contributed by atoms with E-state index < -0.39 is 145 Å². The molecule has 0 aromatic carbocycles. The van der Waals surface area contributed by atoms with E-state index in [1.807, 2.05) is 0 Å². The Balaban J connectivity index is -0.0000000640. The summed E-state index contributed by atoms with van der Waals surface area (Å²) >= 11 is 0. The van der Waals surface area contributed by atoms with Gasteiger partial charge in [-0.2, -0.15) is 0 Å². The van der Waals surface area contributed by atoms with Crippen LogP contribution >= 0.6 is 0 Å². The fourth-order valence-corrected chi connectivity index (χ4v) is 2.77. The van der Waals surface area contributed by atoms with Crippen LogP contribution in [0.5, 0.6) is 0 Å². The van der Waals surface area contributed by atoms with Crippen LogP contribution in [0.2, 0.25) is 0 Å². The molecule has 326 valence electrons. The molecule has 0 bridgehead atoms. The van der Waals surface area contributed by atoms with E-state index in [-0.39, 0.29) is 97.1 Å². The molecule has 0 aliphatic heterocycles. The van der Waals surface area contributed by atoms with Gasteiger partial charge in [0, 0.05) is 74.3 Å². The zero-order valence-electron chi connectivity index (χ0n) is 28.8. The van der Waals surface area contributed by atoms with Crippen LogP contribution in [-0.4, -0.2) is 208 Å². The van der Waals surface area contributed by atoms with Crippen molar-refractivity contribution in [2.45, 2.75) is 73.8 Å². The molecule has 58 heavy (non-hydrogen) atoms. The average molecular weight is 1440 g/mol. The Labute approximate surface area is 379 Å². The summed E-state index contributed by atoms with van der Waals surface area (Å²) in [5.41, 5.74) is -11.7. The van der Waals surface area contributed by atoms with Gasteiger partial charge in [0.1, 0.15) is 16.8 Å². The summed E-state index contributed by atoms with van der Waals surface area (Å²) in [6, 6.07) is 0. The quantitative estimate of drug-likeness (QED) is 0.0506. The molecule has 0 amide bonds. The van der Waals surface area contributed by atoms with Gasteiger partial charge >= 0.3 is 96.5 Å². The minimum Gasteiger partial charge on any atom is -0.550 e. The second-order valence-electron chi connectivity index (χ2n) is 9.73. The molecule has 0 atom stereocenters. The Morgan fingerprint density at radius 3 is 0.517 bits per heavy atom. The van der Waals surface area contributed by atoms with E-state index >= 15 is 0 Å². The predicted molar refractivity (Wildman–Crippen MR) is 157 cm³/mol. The van der Waals surface area contributed by atoms with Crippen LogP contribution in [-0.2, 0) is 57.5 Å². The molecular weight excluding hydrogens is 1410 g/mol. The molecule has 0 aliphatic carbocycles. The first kappa shape index (κ1) is 78.4. The first-order valence-corrected chi connectivity index (χ1v) is 12.5. The molecule has 0 aliphatic rings. The largest absolute Gasteiger partial charge is 3.00 e. The Bertz CT molecular complexity index is 1150. The standard InChI is InChI=1S/4C6H8O7.3Bi.3H3N/c4*7-3(8)1-6(13,5(11)12)2-4(9)10;;;;;;/h4*13H,1-2H2,(H,7,8)(H,9,10)(H,11,12);;;;3*1H3/q;;;;3*+3;;;/p-9. The van der Waals surface area contributed by atoms with Crippen molar-refractivity contribution in [2.75, 3.05) is 0 Å². The maximum Gasteiger partial charge on any atom is 3.00 e. The van der Waals surface area contributed by atoms with Gasteiger partial charge in [-0.1, -0.05) is 0 Å². The molecule has 0 unspecified atom stereocenters. The second kappa shape index (κ2) is 35.0. The van der Waals surface area contributed by atoms with Crippen molar-refractivity contribution in [3.05, 3.63) is 0 Å². The maximum atomic E-state index is 10.3. The van der Waals surface area contributed by atoms with Crippen LogP contribution < -0.4 is 64.4 Å². The minimum absolute atomic E-state index is 0. The van der Waals surface area contributed by atoms with Crippen LogP contribution in [0.1, 0.15) is 51.4 Å². The SMILES string of the molecule is N.N.N.O=C(O)CC(O)(CC(=O)O)C(=O)O.O=C([O-])CC(O)(CC(=O)[O-])C(=O)[O-].O=C([O-])CC(O)(CC(=O)[O-])C(=O)[O-].O=C([O-])CC(O)(CC(=O)[O-])C(=O)[O-].[Bi+3].[Bi+3].[Bi+3]. The van der Waals surface area contributed by atoms with Crippen LogP contribution in [0, 0.1) is 0 Å². The smallest absolute Gasteiger partial charge is 0.550 e. The van der Waals surface area contributed by atoms with E-state index in [1.165, 1.54) is 0 Å². The number of carboxylic acid groups (broad SMARTS) is 12. The first-order valence-electron chi connectivity index (χ1n) is 12.5. The van der Waals surface area contributed by atoms with E-state index in [9.17, 15) is 103 Å². The summed E-state index contributed by atoms with van der Waals surface area (Å²) in [5, 5.41) is 151. The average Bonchev–Trinajstić information content (AvgIpc) is 2.85. The Morgan fingerprint density at radius 2 is 0.448 bits per heavy atom. The molecule has 6 radical (unpaired) electrons. The zero-order valence-corrected chi connectivity index (χ0v) is 39.3. The normalized spacial score (nSPS) is 9.72. The topological polar surface area (TPSA) is 659 Å². The molecule has 0 saturated heterocycles. The summed E-state index contributed by atoms with van der Waals surface area (Å²) in [4.78, 5) is 120. The first-order chi connectivity index (χ1) is 23.1. The fraction of sp³-hybridized carbons (Fsp3) is 0.500. The number of aliphatic hydroxyl groups is 4. The van der Waals surface area contributed by atoms with Crippen molar-refractivity contribution in [3.63, 3.8) is 0 Å². The van der Waals surface area contributed by atoms with Crippen molar-refractivity contribution in [3.8, 4) is 0 Å². The Hall–Kier alpha value is -3.99. The molecule has 16 N–H and O–H groups in total. The molecule has 0 aromatic rings. The molecule has 34 heteroatoms. The van der Waals surface area contributed by atoms with E-state index in [1.54, 1.807) is 0 Å². The van der Waals surface area contributed by atoms with Crippen LogP contribution in [0.15, 0.2) is 0 Å². The number of aliphatic carboxylic acids is 12. The van der Waals surface area contributed by atoms with E-state index in [0.717, 1.165) is 0 Å². The predicted octanol–water partition coefficient (Wildman–Crippen LogP) is -17.7. The van der Waals surface area contributed by atoms with E-state index in [0.29, 0.717) is 0 Å². The number of hydrogen-bond acceptors (Lipinski definition) is 28. The number of carboxylic acids is 12. The molecule has 0 saturated carbocycles. The van der Waals surface area contributed by atoms with Crippen molar-refractivity contribution in [1.29, 1.82) is 0 Å². The minimum atomic E-state index is -2.97. The fourth-order valence-electron chi connectivity index (χ4n) is 2.77. The Morgan fingerprint density at radius 1 is 0.310 bits per heavy atom. The third-order valence-corrected chi connectivity index (χ3v) is 5.05. The molecular formula is C24H32Bi3N3O28. The van der Waals surface area contributed by atoms with Gasteiger partial charge in [0.15, 0.2) is 5.60 Å². The van der Waals surface area contributed by atoms with Crippen molar-refractivity contribution < 1.29 is 139 Å². The van der Waals surface area contributed by atoms with Crippen LogP contribution in [0.4, 0.5) is 0 Å². The van der Waals surface area contributed by atoms with Gasteiger partial charge in [0.05, 0.1) is 30.7 Å². The van der Waals surface area contributed by atoms with Crippen molar-refractivity contribution in [1.82, 2.24) is 18.5 Å². The number of hydrogen-bond donors (Lipinski definition) is 10. The zero-order chi connectivity index (χ0) is 42.6. The van der Waals surface area contributed by atoms with Crippen LogP contribution in [0.25, 0.3) is 0 Å². The molecule has 0 spiro atoms. The van der Waals surface area contributed by atoms with E-state index in [4.69, 9.17) is 35.7 Å². The summed E-state index contributed by atoms with van der Waals surface area (Å²) < 4.78 is 0. The summed E-state index contributed by atoms with van der Waals surface area (Å²) in [5.74, 6) is -23.0. The summed E-state index contributed by atoms with van der Waals surface area (Å²) in [7, 11) is 0. The van der Waals surface area contributed by atoms with Gasteiger partial charge in [0.25, 0.3) is 0 Å². The van der Waals surface area contributed by atoms with E-state index in [2.05, 4.69) is 0 Å².